The van der Waals surface area contributed by atoms with E-state index in [1.54, 1.807) is 0 Å². The highest BCUT2D eigenvalue weighted by Crippen LogP contribution is 2.18. The van der Waals surface area contributed by atoms with E-state index in [1.807, 2.05) is 0 Å². The first-order valence-electron chi connectivity index (χ1n) is 10.1. The van der Waals surface area contributed by atoms with Crippen LogP contribution in [0.15, 0.2) is 0 Å². The molecule has 0 rings (SSSR count). The molecule has 24 heavy (non-hydrogen) atoms. The molecule has 0 aliphatic rings. The molecule has 0 aromatic carbocycles. The van der Waals surface area contributed by atoms with E-state index in [0.717, 1.165) is 0 Å². The van der Waals surface area contributed by atoms with Crippen LogP contribution in [-0.2, 0) is 0 Å². The third-order valence-corrected chi connectivity index (χ3v) is 4.94. The molecule has 1 nitrogen and oxygen atoms in total. The maximum atomic E-state index is 2.33. The fourth-order valence-corrected chi connectivity index (χ4v) is 3.46. The Balaban J connectivity index is -0.000000667. The van der Waals surface area contributed by atoms with Crippen molar-refractivity contribution in [1.82, 2.24) is 0 Å². The second-order valence-corrected chi connectivity index (χ2v) is 7.06. The SMILES string of the molecule is Br.Br.CCCCC[N+](CCCCC)(CCCCC)CCCCC.[Br-]. The molecule has 4 heteroatoms. The van der Waals surface area contributed by atoms with Crippen LogP contribution in [0.1, 0.15) is 105 Å². The van der Waals surface area contributed by atoms with E-state index in [9.17, 15) is 0 Å². The molecule has 0 aromatic heterocycles. The second kappa shape index (κ2) is 24.4. The zero-order valence-electron chi connectivity index (χ0n) is 17.0. The molecule has 0 saturated carbocycles. The third kappa shape index (κ3) is 18.2. The summed E-state index contributed by atoms with van der Waals surface area (Å²) >= 11 is 0. The minimum absolute atomic E-state index is 0. The molecule has 0 amide bonds. The number of hydrogen-bond donors (Lipinski definition) is 0. The Hall–Kier alpha value is 1.40. The first-order valence-corrected chi connectivity index (χ1v) is 10.1. The van der Waals surface area contributed by atoms with Gasteiger partial charge < -0.3 is 21.5 Å². The van der Waals surface area contributed by atoms with Crippen molar-refractivity contribution < 1.29 is 21.5 Å². The molecule has 0 fully saturated rings. The van der Waals surface area contributed by atoms with Crippen molar-refractivity contribution in [2.45, 2.75) is 105 Å². The maximum Gasteiger partial charge on any atom is 0.0786 e. The molecule has 0 aliphatic heterocycles. The Kier molecular flexibility index (Phi) is 33.6. The summed E-state index contributed by atoms with van der Waals surface area (Å²) in [5.41, 5.74) is 0. The molecular formula is C20H46Br3N. The van der Waals surface area contributed by atoms with E-state index in [-0.39, 0.29) is 50.9 Å². The molecule has 0 aromatic rings. The average molecular weight is 540 g/mol. The first-order chi connectivity index (χ1) is 10.2. The Labute approximate surface area is 185 Å². The monoisotopic (exact) mass is 537 g/mol. The number of halogens is 3. The number of unbranched alkanes of at least 4 members (excludes halogenated alkanes) is 8. The topological polar surface area (TPSA) is 0 Å². The molecule has 0 saturated heterocycles. The van der Waals surface area contributed by atoms with Gasteiger partial charge in [-0.3, -0.25) is 0 Å². The van der Waals surface area contributed by atoms with Crippen LogP contribution in [0.5, 0.6) is 0 Å². The van der Waals surface area contributed by atoms with Gasteiger partial charge in [0.25, 0.3) is 0 Å². The van der Waals surface area contributed by atoms with Crippen LogP contribution in [0.2, 0.25) is 0 Å². The van der Waals surface area contributed by atoms with E-state index in [0.29, 0.717) is 0 Å². The lowest BCUT2D eigenvalue weighted by Gasteiger charge is -2.39. The van der Waals surface area contributed by atoms with E-state index < -0.39 is 0 Å². The average Bonchev–Trinajstić information content (AvgIpc) is 2.48. The number of nitrogens with zero attached hydrogens (tertiary/aromatic N) is 1. The summed E-state index contributed by atoms with van der Waals surface area (Å²) in [6.07, 6.45) is 16.9. The minimum Gasteiger partial charge on any atom is -1.00 e. The van der Waals surface area contributed by atoms with Gasteiger partial charge in [-0.05, 0) is 51.4 Å². The highest BCUT2D eigenvalue weighted by atomic mass is 79.9. The summed E-state index contributed by atoms with van der Waals surface area (Å²) < 4.78 is 1.44. The van der Waals surface area contributed by atoms with Crippen LogP contribution >= 0.6 is 34.0 Å². The summed E-state index contributed by atoms with van der Waals surface area (Å²) in [4.78, 5) is 0. The zero-order valence-corrected chi connectivity index (χ0v) is 22.0. The first kappa shape index (κ1) is 33.0. The van der Waals surface area contributed by atoms with Crippen molar-refractivity contribution >= 4 is 34.0 Å². The highest BCUT2D eigenvalue weighted by molar-refractivity contribution is 8.93. The van der Waals surface area contributed by atoms with Crippen molar-refractivity contribution in [3.05, 3.63) is 0 Å². The molecule has 0 unspecified atom stereocenters. The van der Waals surface area contributed by atoms with Crippen molar-refractivity contribution in [3.8, 4) is 0 Å². The fourth-order valence-electron chi connectivity index (χ4n) is 3.46. The third-order valence-electron chi connectivity index (χ3n) is 4.94. The predicted molar refractivity (Wildman–Crippen MR) is 118 cm³/mol. The predicted octanol–water partition coefficient (Wildman–Crippen LogP) is 4.72. The van der Waals surface area contributed by atoms with Crippen molar-refractivity contribution in [3.63, 3.8) is 0 Å². The Morgan fingerprint density at radius 1 is 0.417 bits per heavy atom. The molecule has 0 heterocycles. The summed E-state index contributed by atoms with van der Waals surface area (Å²) in [5, 5.41) is 0. The Morgan fingerprint density at radius 2 is 0.625 bits per heavy atom. The summed E-state index contributed by atoms with van der Waals surface area (Å²) in [7, 11) is 0. The Bertz CT molecular complexity index is 168. The molecule has 152 valence electrons. The van der Waals surface area contributed by atoms with Gasteiger partial charge in [0.05, 0.1) is 26.2 Å². The lowest BCUT2D eigenvalue weighted by Crippen LogP contribution is -3.00. The van der Waals surface area contributed by atoms with Gasteiger partial charge in [0, 0.05) is 0 Å². The van der Waals surface area contributed by atoms with Crippen LogP contribution in [0, 0.1) is 0 Å². The largest absolute Gasteiger partial charge is 1.00 e. The molecule has 0 spiro atoms. The van der Waals surface area contributed by atoms with E-state index in [1.165, 1.54) is 108 Å². The maximum absolute atomic E-state index is 2.33. The van der Waals surface area contributed by atoms with Gasteiger partial charge in [-0.15, -0.1) is 34.0 Å². The molecule has 0 atom stereocenters. The van der Waals surface area contributed by atoms with Gasteiger partial charge >= 0.3 is 0 Å². The van der Waals surface area contributed by atoms with E-state index in [2.05, 4.69) is 27.7 Å². The van der Waals surface area contributed by atoms with Gasteiger partial charge in [0.15, 0.2) is 0 Å². The van der Waals surface area contributed by atoms with Crippen LogP contribution < -0.4 is 17.0 Å². The van der Waals surface area contributed by atoms with E-state index >= 15 is 0 Å². The second-order valence-electron chi connectivity index (χ2n) is 7.06. The van der Waals surface area contributed by atoms with Crippen molar-refractivity contribution in [1.29, 1.82) is 0 Å². The minimum atomic E-state index is 0. The number of rotatable bonds is 16. The number of hydrogen-bond acceptors (Lipinski definition) is 0. The van der Waals surface area contributed by atoms with Gasteiger partial charge in [-0.2, -0.15) is 0 Å². The fraction of sp³-hybridized carbons (Fsp3) is 1.00. The van der Waals surface area contributed by atoms with Crippen molar-refractivity contribution in [2.24, 2.45) is 0 Å². The van der Waals surface area contributed by atoms with Crippen LogP contribution in [-0.4, -0.2) is 30.7 Å². The summed E-state index contributed by atoms with van der Waals surface area (Å²) in [6, 6.07) is 0. The summed E-state index contributed by atoms with van der Waals surface area (Å²) in [6.45, 7) is 15.1. The van der Waals surface area contributed by atoms with Gasteiger partial charge in [-0.1, -0.05) is 53.4 Å². The lowest BCUT2D eigenvalue weighted by molar-refractivity contribution is -0.929. The molecule has 0 aliphatic carbocycles. The van der Waals surface area contributed by atoms with Crippen LogP contribution in [0.4, 0.5) is 0 Å². The highest BCUT2D eigenvalue weighted by Gasteiger charge is 2.25. The molecule has 0 bridgehead atoms. The number of quaternary nitrogens is 1. The lowest BCUT2D eigenvalue weighted by atomic mass is 10.1. The smallest absolute Gasteiger partial charge is 0.0786 e. The van der Waals surface area contributed by atoms with Gasteiger partial charge in [0.1, 0.15) is 0 Å². The zero-order chi connectivity index (χ0) is 15.8. The normalized spacial score (nSPS) is 10.5. The molecular weight excluding hydrogens is 494 g/mol. The van der Waals surface area contributed by atoms with Crippen molar-refractivity contribution in [2.75, 3.05) is 26.2 Å². The standard InChI is InChI=1S/C20H44N.3BrH/c1-5-9-13-17-21(18-14-10-6-2,19-15-11-7-3)20-16-12-8-4;;;/h5-20H2,1-4H3;3*1H/q+1;;;/p-1. The molecule has 0 radical (unpaired) electrons. The van der Waals surface area contributed by atoms with Crippen LogP contribution in [0.3, 0.4) is 0 Å². The molecule has 0 N–H and O–H groups in total. The van der Waals surface area contributed by atoms with Gasteiger partial charge in [0.2, 0.25) is 0 Å². The van der Waals surface area contributed by atoms with Gasteiger partial charge in [-0.25, -0.2) is 0 Å². The summed E-state index contributed by atoms with van der Waals surface area (Å²) in [5.74, 6) is 0. The quantitative estimate of drug-likeness (QED) is 0.196. The van der Waals surface area contributed by atoms with Crippen LogP contribution in [0.25, 0.3) is 0 Å². The Morgan fingerprint density at radius 3 is 0.792 bits per heavy atom. The van der Waals surface area contributed by atoms with E-state index in [4.69, 9.17) is 0 Å².